The molecule has 0 amide bonds. The van der Waals surface area contributed by atoms with Crippen LogP contribution in [0.5, 0.6) is 0 Å². The third-order valence-corrected chi connectivity index (χ3v) is 2.99. The molecule has 1 aliphatic heterocycles. The van der Waals surface area contributed by atoms with Crippen LogP contribution in [0.1, 0.15) is 27.2 Å². The highest BCUT2D eigenvalue weighted by Crippen LogP contribution is 2.51. The van der Waals surface area contributed by atoms with Crippen molar-refractivity contribution >= 4 is 5.97 Å². The molecule has 3 aliphatic rings. The van der Waals surface area contributed by atoms with Crippen molar-refractivity contribution in [2.24, 2.45) is 11.8 Å². The average molecular weight is 192 g/mol. The lowest BCUT2D eigenvalue weighted by molar-refractivity contribution is -0.139. The SMILES string of the molecule is CC.CC1OC(=O)C2=C1C=CC1CC21. The zero-order valence-electron chi connectivity index (χ0n) is 8.91. The van der Waals surface area contributed by atoms with Crippen molar-refractivity contribution in [2.45, 2.75) is 33.3 Å². The number of esters is 1. The lowest BCUT2D eigenvalue weighted by Crippen LogP contribution is -2.05. The van der Waals surface area contributed by atoms with Gasteiger partial charge >= 0.3 is 5.97 Å². The molecule has 3 unspecified atom stereocenters. The summed E-state index contributed by atoms with van der Waals surface area (Å²) in [7, 11) is 0. The van der Waals surface area contributed by atoms with Crippen molar-refractivity contribution in [3.63, 3.8) is 0 Å². The predicted molar refractivity (Wildman–Crippen MR) is 54.7 cm³/mol. The Kier molecular flexibility index (Phi) is 2.22. The molecule has 0 spiro atoms. The largest absolute Gasteiger partial charge is 0.454 e. The van der Waals surface area contributed by atoms with Crippen LogP contribution < -0.4 is 0 Å². The highest BCUT2D eigenvalue weighted by molar-refractivity contribution is 5.94. The molecule has 76 valence electrons. The molecule has 0 saturated heterocycles. The lowest BCUT2D eigenvalue weighted by atomic mass is 9.97. The molecule has 1 heterocycles. The Morgan fingerprint density at radius 1 is 1.43 bits per heavy atom. The van der Waals surface area contributed by atoms with Gasteiger partial charge in [0.15, 0.2) is 0 Å². The van der Waals surface area contributed by atoms with Crippen LogP contribution in [0.25, 0.3) is 0 Å². The number of carbonyl (C=O) groups is 1. The third-order valence-electron chi connectivity index (χ3n) is 2.99. The summed E-state index contributed by atoms with van der Waals surface area (Å²) in [6.07, 6.45) is 5.42. The summed E-state index contributed by atoms with van der Waals surface area (Å²) >= 11 is 0. The van der Waals surface area contributed by atoms with Crippen LogP contribution in [0, 0.1) is 11.8 Å². The smallest absolute Gasteiger partial charge is 0.335 e. The molecule has 1 fully saturated rings. The molecule has 14 heavy (non-hydrogen) atoms. The van der Waals surface area contributed by atoms with E-state index in [1.54, 1.807) is 0 Å². The first-order valence-corrected chi connectivity index (χ1v) is 5.40. The molecule has 0 aromatic rings. The van der Waals surface area contributed by atoms with E-state index < -0.39 is 0 Å². The highest BCUT2D eigenvalue weighted by Gasteiger charge is 2.48. The number of allylic oxidation sites excluding steroid dienone is 1. The molecule has 0 radical (unpaired) electrons. The lowest BCUT2D eigenvalue weighted by Gasteiger charge is -2.05. The van der Waals surface area contributed by atoms with E-state index in [2.05, 4.69) is 12.2 Å². The summed E-state index contributed by atoms with van der Waals surface area (Å²) in [6, 6.07) is 0. The fourth-order valence-corrected chi connectivity index (χ4v) is 2.20. The highest BCUT2D eigenvalue weighted by atomic mass is 16.5. The first-order chi connectivity index (χ1) is 6.77. The van der Waals surface area contributed by atoms with Gasteiger partial charge in [-0.15, -0.1) is 0 Å². The Bertz CT molecular complexity index is 325. The van der Waals surface area contributed by atoms with Crippen LogP contribution in [-0.2, 0) is 9.53 Å². The molecular formula is C12H16O2. The minimum absolute atomic E-state index is 0.00898. The average Bonchev–Trinajstić information content (AvgIpc) is 2.92. The number of ether oxygens (including phenoxy) is 1. The van der Waals surface area contributed by atoms with Crippen molar-refractivity contribution in [3.8, 4) is 0 Å². The summed E-state index contributed by atoms with van der Waals surface area (Å²) in [5, 5.41) is 0. The zero-order valence-corrected chi connectivity index (χ0v) is 8.91. The van der Waals surface area contributed by atoms with Crippen LogP contribution in [0.4, 0.5) is 0 Å². The number of hydrogen-bond acceptors (Lipinski definition) is 2. The van der Waals surface area contributed by atoms with Crippen LogP contribution in [0.2, 0.25) is 0 Å². The number of hydrogen-bond donors (Lipinski definition) is 0. The Balaban J connectivity index is 0.000000354. The number of carbonyl (C=O) groups excluding carboxylic acids is 1. The van der Waals surface area contributed by atoms with E-state index in [9.17, 15) is 4.79 Å². The molecular weight excluding hydrogens is 176 g/mol. The minimum atomic E-state index is -0.0747. The fourth-order valence-electron chi connectivity index (χ4n) is 2.20. The van der Waals surface area contributed by atoms with Gasteiger partial charge in [0.2, 0.25) is 0 Å². The first kappa shape index (κ1) is 9.50. The van der Waals surface area contributed by atoms with Crippen molar-refractivity contribution in [1.82, 2.24) is 0 Å². The van der Waals surface area contributed by atoms with Gasteiger partial charge in [-0.1, -0.05) is 26.0 Å². The molecule has 0 bridgehead atoms. The van der Waals surface area contributed by atoms with Gasteiger partial charge in [-0.3, -0.25) is 0 Å². The third kappa shape index (κ3) is 1.21. The topological polar surface area (TPSA) is 26.3 Å². The minimum Gasteiger partial charge on any atom is -0.454 e. The summed E-state index contributed by atoms with van der Waals surface area (Å²) in [5.41, 5.74) is 2.09. The van der Waals surface area contributed by atoms with E-state index in [-0.39, 0.29) is 12.1 Å². The van der Waals surface area contributed by atoms with Gasteiger partial charge in [-0.2, -0.15) is 0 Å². The van der Waals surface area contributed by atoms with E-state index in [0.29, 0.717) is 11.8 Å². The molecule has 3 rings (SSSR count). The van der Waals surface area contributed by atoms with Crippen LogP contribution >= 0.6 is 0 Å². The molecule has 0 aromatic heterocycles. The van der Waals surface area contributed by atoms with Crippen LogP contribution in [0.15, 0.2) is 23.3 Å². The second-order valence-electron chi connectivity index (χ2n) is 3.78. The molecule has 3 atom stereocenters. The van der Waals surface area contributed by atoms with Crippen LogP contribution in [-0.4, -0.2) is 12.1 Å². The Labute approximate surface area is 84.6 Å². The van der Waals surface area contributed by atoms with Gasteiger partial charge in [-0.05, 0) is 25.2 Å². The molecule has 2 nitrogen and oxygen atoms in total. The number of rotatable bonds is 0. The maximum absolute atomic E-state index is 11.3. The molecule has 0 aromatic carbocycles. The van der Waals surface area contributed by atoms with E-state index >= 15 is 0 Å². The molecule has 1 saturated carbocycles. The quantitative estimate of drug-likeness (QED) is 0.551. The monoisotopic (exact) mass is 192 g/mol. The first-order valence-electron chi connectivity index (χ1n) is 5.40. The summed E-state index contributed by atoms with van der Waals surface area (Å²) in [4.78, 5) is 11.3. The van der Waals surface area contributed by atoms with E-state index in [1.807, 2.05) is 20.8 Å². The zero-order chi connectivity index (χ0) is 10.3. The van der Waals surface area contributed by atoms with Gasteiger partial charge < -0.3 is 4.74 Å². The summed E-state index contributed by atoms with van der Waals surface area (Å²) in [5.74, 6) is 1.07. The Morgan fingerprint density at radius 3 is 2.86 bits per heavy atom. The summed E-state index contributed by atoms with van der Waals surface area (Å²) in [6.45, 7) is 5.94. The number of cyclic esters (lactones) is 1. The van der Waals surface area contributed by atoms with E-state index in [4.69, 9.17) is 4.74 Å². The van der Waals surface area contributed by atoms with E-state index in [0.717, 1.165) is 17.6 Å². The second kappa shape index (κ2) is 3.26. The molecule has 2 aliphatic carbocycles. The van der Waals surface area contributed by atoms with E-state index in [1.165, 1.54) is 0 Å². The van der Waals surface area contributed by atoms with Gasteiger partial charge in [0.25, 0.3) is 0 Å². The maximum atomic E-state index is 11.3. The summed E-state index contributed by atoms with van der Waals surface area (Å²) < 4.78 is 5.14. The molecule has 2 heteroatoms. The van der Waals surface area contributed by atoms with Gasteiger partial charge in [0, 0.05) is 11.1 Å². The van der Waals surface area contributed by atoms with Crippen molar-refractivity contribution in [2.75, 3.05) is 0 Å². The Hall–Kier alpha value is -1.05. The number of fused-ring (bicyclic) bond motifs is 2. The van der Waals surface area contributed by atoms with Crippen molar-refractivity contribution in [3.05, 3.63) is 23.3 Å². The standard InChI is InChI=1S/C10H10O2.C2H6/c1-5-7-3-2-6-4-8(6)9(7)10(11)12-5;1-2/h2-3,5-6,8H,4H2,1H3;1-2H3. The molecule has 0 N–H and O–H groups in total. The van der Waals surface area contributed by atoms with Crippen molar-refractivity contribution < 1.29 is 9.53 Å². The van der Waals surface area contributed by atoms with Gasteiger partial charge in [0.05, 0.1) is 0 Å². The second-order valence-corrected chi connectivity index (χ2v) is 3.78. The predicted octanol–water partition coefficient (Wildman–Crippen LogP) is 2.46. The Morgan fingerprint density at radius 2 is 2.14 bits per heavy atom. The van der Waals surface area contributed by atoms with Gasteiger partial charge in [-0.25, -0.2) is 4.79 Å². The fraction of sp³-hybridized carbons (Fsp3) is 0.583. The van der Waals surface area contributed by atoms with Crippen LogP contribution in [0.3, 0.4) is 0 Å². The normalized spacial score (nSPS) is 36.8. The van der Waals surface area contributed by atoms with Gasteiger partial charge in [0.1, 0.15) is 6.10 Å². The maximum Gasteiger partial charge on any atom is 0.335 e. The van der Waals surface area contributed by atoms with Crippen molar-refractivity contribution in [1.29, 1.82) is 0 Å².